The Morgan fingerprint density at radius 1 is 0.510 bits per heavy atom. The second kappa shape index (κ2) is 35.8. The van der Waals surface area contributed by atoms with E-state index >= 15 is 0 Å². The Morgan fingerprint density at radius 3 is 1.45 bits per heavy atom. The lowest BCUT2D eigenvalue weighted by Gasteiger charge is -2.14. The number of rotatable bonds is 38. The van der Waals surface area contributed by atoms with Crippen LogP contribution in [0.25, 0.3) is 0 Å². The van der Waals surface area contributed by atoms with Gasteiger partial charge in [0, 0.05) is 25.9 Å². The minimum absolute atomic E-state index is 0.00360. The lowest BCUT2D eigenvalue weighted by Crippen LogP contribution is -2.41. The Morgan fingerprint density at radius 2 is 0.961 bits per heavy atom. The zero-order valence-corrected chi connectivity index (χ0v) is 32.1. The molecule has 0 saturated carbocycles. The number of carboxylic acid groups (broad SMARTS) is 1. The number of aliphatic carboxylic acids is 1. The maximum Gasteiger partial charge on any atom is 0.326 e. The number of carbonyl (C=O) groups is 5. The molecule has 0 aliphatic carbocycles. The second-order valence-electron chi connectivity index (χ2n) is 13.6. The van der Waals surface area contributed by atoms with Crippen molar-refractivity contribution >= 4 is 29.5 Å². The molecule has 0 saturated heterocycles. The van der Waals surface area contributed by atoms with E-state index in [0.717, 1.165) is 25.2 Å². The van der Waals surface area contributed by atoms with Gasteiger partial charge in [0.05, 0.1) is 39.6 Å². The third-order valence-electron chi connectivity index (χ3n) is 8.15. The summed E-state index contributed by atoms with van der Waals surface area (Å²) in [6.45, 7) is 8.15. The Kier molecular flexibility index (Phi) is 33.9. The molecule has 298 valence electrons. The van der Waals surface area contributed by atoms with Gasteiger partial charge in [-0.3, -0.25) is 19.2 Å². The van der Waals surface area contributed by atoms with Crippen molar-refractivity contribution in [2.45, 2.75) is 142 Å². The standard InChI is InChI=1S/C38H71N3O10/c1-32(2)18-16-14-12-10-8-6-4-5-7-9-11-13-15-17-19-36(44)41-34(38(46)47)20-21-35(43)39-22-24-48-27-29-51-31-37(45)40-23-25-49-26-28-50-30-33(3)42/h32,34H,4-31H2,1-3H3,(H,39,43)(H,40,45)(H,41,44)(H,46,47)/t34-/m0/s1. The fourth-order valence-electron chi connectivity index (χ4n) is 5.24. The number of ether oxygens (including phenoxy) is 4. The number of amides is 3. The highest BCUT2D eigenvalue weighted by atomic mass is 16.5. The first kappa shape index (κ1) is 48.4. The highest BCUT2D eigenvalue weighted by Crippen LogP contribution is 2.15. The molecule has 0 bridgehead atoms. The van der Waals surface area contributed by atoms with E-state index in [1.165, 1.54) is 84.0 Å². The van der Waals surface area contributed by atoms with Gasteiger partial charge in [-0.15, -0.1) is 0 Å². The van der Waals surface area contributed by atoms with Crippen molar-refractivity contribution in [3.63, 3.8) is 0 Å². The van der Waals surface area contributed by atoms with Gasteiger partial charge in [0.25, 0.3) is 0 Å². The first-order valence-corrected chi connectivity index (χ1v) is 19.5. The highest BCUT2D eigenvalue weighted by Gasteiger charge is 2.20. The number of nitrogens with one attached hydrogen (secondary N) is 3. The van der Waals surface area contributed by atoms with E-state index in [4.69, 9.17) is 18.9 Å². The quantitative estimate of drug-likeness (QED) is 0.0624. The molecule has 0 fully saturated rings. The summed E-state index contributed by atoms with van der Waals surface area (Å²) < 4.78 is 21.0. The zero-order valence-electron chi connectivity index (χ0n) is 32.1. The average molecular weight is 730 g/mol. The molecule has 0 aromatic heterocycles. The number of carboxylic acids is 1. The summed E-state index contributed by atoms with van der Waals surface area (Å²) in [6.07, 6.45) is 18.9. The van der Waals surface area contributed by atoms with Gasteiger partial charge in [-0.05, 0) is 25.7 Å². The first-order chi connectivity index (χ1) is 24.6. The molecule has 0 aliphatic rings. The molecule has 0 heterocycles. The van der Waals surface area contributed by atoms with E-state index in [0.29, 0.717) is 26.4 Å². The normalized spacial score (nSPS) is 11.8. The molecule has 0 aliphatic heterocycles. The van der Waals surface area contributed by atoms with Crippen LogP contribution < -0.4 is 16.0 Å². The maximum absolute atomic E-state index is 12.3. The van der Waals surface area contributed by atoms with E-state index in [-0.39, 0.29) is 82.3 Å². The summed E-state index contributed by atoms with van der Waals surface area (Å²) in [5.74, 6) is -1.29. The second-order valence-corrected chi connectivity index (χ2v) is 13.6. The predicted molar refractivity (Wildman–Crippen MR) is 197 cm³/mol. The van der Waals surface area contributed by atoms with Gasteiger partial charge in [-0.1, -0.05) is 104 Å². The van der Waals surface area contributed by atoms with Crippen molar-refractivity contribution in [3.8, 4) is 0 Å². The Labute approximate surface area is 307 Å². The lowest BCUT2D eigenvalue weighted by molar-refractivity contribution is -0.142. The first-order valence-electron chi connectivity index (χ1n) is 19.5. The zero-order chi connectivity index (χ0) is 37.8. The fraction of sp³-hybridized carbons (Fsp3) is 0.868. The van der Waals surface area contributed by atoms with E-state index in [1.54, 1.807) is 0 Å². The van der Waals surface area contributed by atoms with Gasteiger partial charge in [-0.25, -0.2) is 4.79 Å². The van der Waals surface area contributed by atoms with Crippen molar-refractivity contribution in [1.29, 1.82) is 0 Å². The van der Waals surface area contributed by atoms with Gasteiger partial charge in [0.15, 0.2) is 5.78 Å². The molecule has 13 heteroatoms. The predicted octanol–water partition coefficient (Wildman–Crippen LogP) is 5.12. The van der Waals surface area contributed by atoms with Gasteiger partial charge in [0.1, 0.15) is 19.3 Å². The number of ketones is 1. The molecule has 0 unspecified atom stereocenters. The SMILES string of the molecule is CC(=O)COCCOCCNC(=O)COCCOCCNC(=O)CC[C@H](NC(=O)CCCCCCCCCCCCCCCCC(C)C)C(=O)O. The van der Waals surface area contributed by atoms with Crippen LogP contribution in [0.15, 0.2) is 0 Å². The number of hydrogen-bond donors (Lipinski definition) is 4. The summed E-state index contributed by atoms with van der Waals surface area (Å²) in [5.41, 5.74) is 0. The van der Waals surface area contributed by atoms with Crippen LogP contribution in [0.3, 0.4) is 0 Å². The molecule has 1 atom stereocenters. The van der Waals surface area contributed by atoms with Gasteiger partial charge < -0.3 is 40.0 Å². The molecule has 0 spiro atoms. The molecule has 51 heavy (non-hydrogen) atoms. The van der Waals surface area contributed by atoms with Crippen molar-refractivity contribution < 1.29 is 48.0 Å². The lowest BCUT2D eigenvalue weighted by atomic mass is 10.0. The maximum atomic E-state index is 12.3. The molecule has 0 rings (SSSR count). The van der Waals surface area contributed by atoms with Gasteiger partial charge >= 0.3 is 5.97 Å². The molecule has 0 radical (unpaired) electrons. The van der Waals surface area contributed by atoms with E-state index in [9.17, 15) is 29.1 Å². The number of unbranched alkanes of at least 4 members (excludes halogenated alkanes) is 13. The van der Waals surface area contributed by atoms with Crippen LogP contribution in [-0.4, -0.2) is 107 Å². The summed E-state index contributed by atoms with van der Waals surface area (Å²) in [6, 6.07) is -1.11. The van der Waals surface area contributed by atoms with Crippen LogP contribution in [0.1, 0.15) is 136 Å². The topological polar surface area (TPSA) is 179 Å². The number of hydrogen-bond acceptors (Lipinski definition) is 9. The largest absolute Gasteiger partial charge is 0.480 e. The molecular formula is C38H71N3O10. The molecule has 0 aromatic carbocycles. The average Bonchev–Trinajstić information content (AvgIpc) is 3.08. The van der Waals surface area contributed by atoms with Crippen LogP contribution >= 0.6 is 0 Å². The van der Waals surface area contributed by atoms with Crippen molar-refractivity contribution in [1.82, 2.24) is 16.0 Å². The van der Waals surface area contributed by atoms with E-state index < -0.39 is 12.0 Å². The number of carbonyl (C=O) groups excluding carboxylic acids is 4. The Hall–Kier alpha value is -2.61. The number of Topliss-reactive ketones (excluding diaryl/α,β-unsaturated/α-hetero) is 1. The summed E-state index contributed by atoms with van der Waals surface area (Å²) >= 11 is 0. The van der Waals surface area contributed by atoms with Gasteiger partial charge in [0.2, 0.25) is 17.7 Å². The molecule has 4 N–H and O–H groups in total. The highest BCUT2D eigenvalue weighted by molar-refractivity contribution is 5.84. The molecule has 13 nitrogen and oxygen atoms in total. The van der Waals surface area contributed by atoms with Crippen molar-refractivity contribution in [3.05, 3.63) is 0 Å². The Balaban J connectivity index is 3.66. The molecular weight excluding hydrogens is 658 g/mol. The fourth-order valence-corrected chi connectivity index (χ4v) is 5.24. The Bertz CT molecular complexity index is 903. The minimum atomic E-state index is -1.16. The minimum Gasteiger partial charge on any atom is -0.480 e. The third kappa shape index (κ3) is 37.0. The van der Waals surface area contributed by atoms with Gasteiger partial charge in [-0.2, -0.15) is 0 Å². The van der Waals surface area contributed by atoms with Crippen LogP contribution in [-0.2, 0) is 42.9 Å². The van der Waals surface area contributed by atoms with Crippen LogP contribution in [0, 0.1) is 5.92 Å². The van der Waals surface area contributed by atoms with E-state index in [2.05, 4.69) is 29.8 Å². The van der Waals surface area contributed by atoms with Crippen molar-refractivity contribution in [2.24, 2.45) is 5.92 Å². The molecule has 3 amide bonds. The van der Waals surface area contributed by atoms with Crippen molar-refractivity contribution in [2.75, 3.05) is 65.9 Å². The monoisotopic (exact) mass is 730 g/mol. The van der Waals surface area contributed by atoms with Crippen LogP contribution in [0.2, 0.25) is 0 Å². The van der Waals surface area contributed by atoms with Crippen LogP contribution in [0.4, 0.5) is 0 Å². The molecule has 0 aromatic rings. The summed E-state index contributed by atoms with van der Waals surface area (Å²) in [7, 11) is 0. The van der Waals surface area contributed by atoms with Crippen LogP contribution in [0.5, 0.6) is 0 Å². The summed E-state index contributed by atoms with van der Waals surface area (Å²) in [4.78, 5) is 58.5. The smallest absolute Gasteiger partial charge is 0.326 e. The third-order valence-corrected chi connectivity index (χ3v) is 8.15. The van der Waals surface area contributed by atoms with E-state index in [1.807, 2.05) is 0 Å². The summed E-state index contributed by atoms with van der Waals surface area (Å²) in [5, 5.41) is 17.4.